The predicted molar refractivity (Wildman–Crippen MR) is 146 cm³/mol. The summed E-state index contributed by atoms with van der Waals surface area (Å²) in [5.41, 5.74) is 14.1. The van der Waals surface area contributed by atoms with E-state index in [1.165, 1.54) is 12.5 Å². The van der Waals surface area contributed by atoms with Crippen molar-refractivity contribution in [1.29, 1.82) is 0 Å². The van der Waals surface area contributed by atoms with Crippen molar-refractivity contribution in [2.45, 2.75) is 56.3 Å². The molecule has 3 amide bonds. The van der Waals surface area contributed by atoms with E-state index in [1.54, 1.807) is 6.20 Å². The van der Waals surface area contributed by atoms with Crippen molar-refractivity contribution in [1.82, 2.24) is 30.9 Å². The Hall–Kier alpha value is -4.27. The van der Waals surface area contributed by atoms with Crippen molar-refractivity contribution < 1.29 is 29.4 Å². The van der Waals surface area contributed by atoms with Crippen LogP contribution >= 0.6 is 0 Å². The number of hydrogen-bond acceptors (Lipinski definition) is 8. The summed E-state index contributed by atoms with van der Waals surface area (Å²) in [6.45, 7) is -0.442. The van der Waals surface area contributed by atoms with Gasteiger partial charge in [0, 0.05) is 35.4 Å². The molecule has 0 fully saturated rings. The van der Waals surface area contributed by atoms with Crippen LogP contribution in [-0.2, 0) is 32.0 Å². The molecular formula is C26H36N8O6. The maximum atomic E-state index is 13.3. The second-order valence-electron chi connectivity index (χ2n) is 9.44. The van der Waals surface area contributed by atoms with E-state index in [9.17, 15) is 29.4 Å². The summed E-state index contributed by atoms with van der Waals surface area (Å²) in [4.78, 5) is 60.5. The molecule has 0 aliphatic rings. The van der Waals surface area contributed by atoms with Crippen LogP contribution in [0.2, 0.25) is 0 Å². The molecule has 0 spiro atoms. The van der Waals surface area contributed by atoms with E-state index in [2.05, 4.69) is 30.9 Å². The van der Waals surface area contributed by atoms with E-state index >= 15 is 0 Å². The zero-order valence-electron chi connectivity index (χ0n) is 21.9. The molecule has 0 aliphatic carbocycles. The number of aromatic nitrogens is 3. The molecule has 2 aromatic heterocycles. The van der Waals surface area contributed by atoms with Crippen LogP contribution in [-0.4, -0.2) is 86.2 Å². The predicted octanol–water partition coefficient (Wildman–Crippen LogP) is -1.34. The minimum absolute atomic E-state index is 0.0428. The fourth-order valence-corrected chi connectivity index (χ4v) is 4.23. The highest BCUT2D eigenvalue weighted by Gasteiger charge is 2.30. The second-order valence-corrected chi connectivity index (χ2v) is 9.44. The van der Waals surface area contributed by atoms with Gasteiger partial charge in [-0.3, -0.25) is 14.4 Å². The molecule has 40 heavy (non-hydrogen) atoms. The van der Waals surface area contributed by atoms with Crippen LogP contribution in [0.15, 0.2) is 43.0 Å². The molecular weight excluding hydrogens is 520 g/mol. The fourth-order valence-electron chi connectivity index (χ4n) is 4.23. The SMILES string of the molecule is NCCCCC(NC(=O)C(N)Cc1c[nH]c2ccccc12)C(=O)NC(Cc1cnc[nH]1)C(=O)NC(CO)C(=O)O. The van der Waals surface area contributed by atoms with Crippen LogP contribution in [0.3, 0.4) is 0 Å². The minimum atomic E-state index is -1.56. The average molecular weight is 557 g/mol. The Kier molecular flexibility index (Phi) is 11.2. The van der Waals surface area contributed by atoms with E-state index in [-0.39, 0.29) is 19.3 Å². The Balaban J connectivity index is 1.72. The zero-order chi connectivity index (χ0) is 29.1. The number of nitrogens with one attached hydrogen (secondary N) is 5. The van der Waals surface area contributed by atoms with E-state index in [4.69, 9.17) is 11.5 Å². The highest BCUT2D eigenvalue weighted by Crippen LogP contribution is 2.19. The maximum absolute atomic E-state index is 13.3. The van der Waals surface area contributed by atoms with E-state index in [0.717, 1.165) is 16.5 Å². The number of H-pyrrole nitrogens is 2. The van der Waals surface area contributed by atoms with Gasteiger partial charge in [-0.05, 0) is 43.9 Å². The van der Waals surface area contributed by atoms with Gasteiger partial charge < -0.3 is 47.6 Å². The molecule has 3 rings (SSSR count). The van der Waals surface area contributed by atoms with Gasteiger partial charge in [0.05, 0.1) is 19.0 Å². The second kappa shape index (κ2) is 14.8. The van der Waals surface area contributed by atoms with Gasteiger partial charge in [0.1, 0.15) is 18.1 Å². The molecule has 4 atom stereocenters. The third-order valence-electron chi connectivity index (χ3n) is 6.44. The number of carbonyl (C=O) groups excluding carboxylic acids is 3. The Labute approximate surface area is 230 Å². The van der Waals surface area contributed by atoms with Gasteiger partial charge >= 0.3 is 5.97 Å². The smallest absolute Gasteiger partial charge is 0.328 e. The van der Waals surface area contributed by atoms with Crippen LogP contribution in [0.1, 0.15) is 30.5 Å². The number of aromatic amines is 2. The molecule has 1 aromatic carbocycles. The van der Waals surface area contributed by atoms with Crippen molar-refractivity contribution >= 4 is 34.6 Å². The summed E-state index contributed by atoms with van der Waals surface area (Å²) in [7, 11) is 0. The Morgan fingerprint density at radius 3 is 2.30 bits per heavy atom. The van der Waals surface area contributed by atoms with E-state index in [1.807, 2.05) is 24.3 Å². The van der Waals surface area contributed by atoms with Gasteiger partial charge in [0.15, 0.2) is 0 Å². The van der Waals surface area contributed by atoms with Gasteiger partial charge in [0.2, 0.25) is 17.7 Å². The number of fused-ring (bicyclic) bond motifs is 1. The van der Waals surface area contributed by atoms with Crippen LogP contribution in [0.25, 0.3) is 10.9 Å². The molecule has 3 aromatic rings. The number of imidazole rings is 1. The largest absolute Gasteiger partial charge is 0.480 e. The molecule has 216 valence electrons. The monoisotopic (exact) mass is 556 g/mol. The standard InChI is InChI=1S/C26H36N8O6/c27-8-4-3-7-20(32-23(36)18(28)9-15-11-30-19-6-2-1-5-17(15)19)24(37)33-21(10-16-12-29-14-31-16)25(38)34-22(13-35)26(39)40/h1-2,5-6,11-12,14,18,20-22,30,35H,3-4,7-10,13,27-28H2,(H,29,31)(H,32,36)(H,33,37)(H,34,38)(H,39,40). The Morgan fingerprint density at radius 1 is 0.925 bits per heavy atom. The summed E-state index contributed by atoms with van der Waals surface area (Å²) < 4.78 is 0. The first-order chi connectivity index (χ1) is 19.2. The number of aliphatic carboxylic acids is 1. The van der Waals surface area contributed by atoms with Crippen LogP contribution in [0.4, 0.5) is 0 Å². The number of amides is 3. The summed E-state index contributed by atoms with van der Waals surface area (Å²) in [6.07, 6.45) is 6.20. The highest BCUT2D eigenvalue weighted by atomic mass is 16.4. The number of aliphatic hydroxyl groups is 1. The molecule has 0 saturated carbocycles. The van der Waals surface area contributed by atoms with Gasteiger partial charge in [0.25, 0.3) is 0 Å². The van der Waals surface area contributed by atoms with Crippen molar-refractivity contribution in [3.63, 3.8) is 0 Å². The lowest BCUT2D eigenvalue weighted by Crippen LogP contribution is -2.58. The number of benzene rings is 1. The lowest BCUT2D eigenvalue weighted by molar-refractivity contribution is -0.143. The van der Waals surface area contributed by atoms with Crippen molar-refractivity contribution in [2.24, 2.45) is 11.5 Å². The summed E-state index contributed by atoms with van der Waals surface area (Å²) in [5, 5.41) is 27.0. The minimum Gasteiger partial charge on any atom is -0.480 e. The normalized spacial score (nSPS) is 14.2. The maximum Gasteiger partial charge on any atom is 0.328 e. The number of nitrogens with zero attached hydrogens (tertiary/aromatic N) is 1. The van der Waals surface area contributed by atoms with Crippen molar-refractivity contribution in [3.05, 3.63) is 54.2 Å². The first-order valence-electron chi connectivity index (χ1n) is 13.0. The number of carboxylic acids is 1. The molecule has 4 unspecified atom stereocenters. The molecule has 0 saturated heterocycles. The summed E-state index contributed by atoms with van der Waals surface area (Å²) in [6, 6.07) is 2.85. The molecule has 14 nitrogen and oxygen atoms in total. The average Bonchev–Trinajstić information content (AvgIpc) is 3.60. The van der Waals surface area contributed by atoms with Gasteiger partial charge in [-0.15, -0.1) is 0 Å². The van der Waals surface area contributed by atoms with Crippen molar-refractivity contribution in [3.8, 4) is 0 Å². The number of carbonyl (C=O) groups is 4. The lowest BCUT2D eigenvalue weighted by Gasteiger charge is -2.25. The van der Waals surface area contributed by atoms with E-state index in [0.29, 0.717) is 25.1 Å². The molecule has 0 radical (unpaired) electrons. The number of para-hydroxylation sites is 1. The first-order valence-corrected chi connectivity index (χ1v) is 13.0. The molecule has 11 N–H and O–H groups in total. The van der Waals surface area contributed by atoms with Gasteiger partial charge in [-0.2, -0.15) is 0 Å². The number of carboxylic acid groups (broad SMARTS) is 1. The fraction of sp³-hybridized carbons (Fsp3) is 0.423. The van der Waals surface area contributed by atoms with Gasteiger partial charge in [-0.25, -0.2) is 9.78 Å². The topological polar surface area (TPSA) is 241 Å². The summed E-state index contributed by atoms with van der Waals surface area (Å²) in [5.74, 6) is -3.45. The van der Waals surface area contributed by atoms with Crippen molar-refractivity contribution in [2.75, 3.05) is 13.2 Å². The Morgan fingerprint density at radius 2 is 1.62 bits per heavy atom. The van der Waals surface area contributed by atoms with Crippen LogP contribution in [0.5, 0.6) is 0 Å². The quantitative estimate of drug-likeness (QED) is 0.0947. The summed E-state index contributed by atoms with van der Waals surface area (Å²) >= 11 is 0. The number of hydrogen-bond donors (Lipinski definition) is 9. The van der Waals surface area contributed by atoms with Crippen LogP contribution in [0, 0.1) is 0 Å². The first kappa shape index (κ1) is 30.3. The number of unbranched alkanes of at least 4 members (excludes halogenated alkanes) is 1. The number of rotatable bonds is 16. The zero-order valence-corrected chi connectivity index (χ0v) is 21.9. The highest BCUT2D eigenvalue weighted by molar-refractivity contribution is 5.94. The molecule has 2 heterocycles. The lowest BCUT2D eigenvalue weighted by atomic mass is 10.0. The van der Waals surface area contributed by atoms with E-state index < -0.39 is 54.5 Å². The third kappa shape index (κ3) is 8.36. The molecule has 0 bridgehead atoms. The number of nitrogens with two attached hydrogens (primary N) is 2. The third-order valence-corrected chi connectivity index (χ3v) is 6.44. The van der Waals surface area contributed by atoms with Crippen LogP contribution < -0.4 is 27.4 Å². The number of aliphatic hydroxyl groups excluding tert-OH is 1. The molecule has 14 heteroatoms. The van der Waals surface area contributed by atoms with Gasteiger partial charge in [-0.1, -0.05) is 18.2 Å². The Bertz CT molecular complexity index is 1280. The molecule has 0 aliphatic heterocycles.